The van der Waals surface area contributed by atoms with Crippen molar-refractivity contribution in [1.29, 1.82) is 0 Å². The second-order valence-electron chi connectivity index (χ2n) is 6.99. The number of fused-ring (bicyclic) bond motifs is 1. The fourth-order valence-electron chi connectivity index (χ4n) is 3.75. The Morgan fingerprint density at radius 2 is 2.04 bits per heavy atom. The zero-order chi connectivity index (χ0) is 17.5. The minimum absolute atomic E-state index is 0.0526. The zero-order valence-electron chi connectivity index (χ0n) is 13.7. The van der Waals surface area contributed by atoms with E-state index in [0.29, 0.717) is 11.3 Å². The summed E-state index contributed by atoms with van der Waals surface area (Å²) < 4.78 is 0. The Morgan fingerprint density at radius 1 is 1.38 bits per heavy atom. The summed E-state index contributed by atoms with van der Waals surface area (Å²) in [4.78, 5) is 37.3. The van der Waals surface area contributed by atoms with E-state index in [2.05, 4.69) is 5.32 Å². The molecule has 3 rings (SSSR count). The van der Waals surface area contributed by atoms with Gasteiger partial charge in [-0.3, -0.25) is 14.5 Å². The van der Waals surface area contributed by atoms with Crippen molar-refractivity contribution in [3.8, 4) is 0 Å². The fraction of sp³-hybridized carbons (Fsp3) is 0.688. The normalized spacial score (nSPS) is 28.9. The number of rotatable bonds is 4. The van der Waals surface area contributed by atoms with Crippen LogP contribution in [0.15, 0.2) is 11.3 Å². The van der Waals surface area contributed by atoms with Gasteiger partial charge in [-0.2, -0.15) is 0 Å². The van der Waals surface area contributed by atoms with Gasteiger partial charge in [0, 0.05) is 17.7 Å². The molecular weight excluding hydrogens is 330 g/mol. The van der Waals surface area contributed by atoms with E-state index in [1.807, 2.05) is 0 Å². The molecule has 4 N–H and O–H groups in total. The summed E-state index contributed by atoms with van der Waals surface area (Å²) in [5.41, 5.74) is 6.54. The molecule has 0 radical (unpaired) electrons. The summed E-state index contributed by atoms with van der Waals surface area (Å²) in [6, 6.07) is -0.655. The molecule has 24 heavy (non-hydrogen) atoms. The van der Waals surface area contributed by atoms with E-state index in [0.717, 1.165) is 32.1 Å². The SMILES string of the molecule is CC1=C(C(=O)O)N2C(=O)C(NC(=O)CC3(N)CCCCC3)C2SC1. The number of carbonyl (C=O) groups is 3. The van der Waals surface area contributed by atoms with Crippen molar-refractivity contribution >= 4 is 29.5 Å². The number of carbonyl (C=O) groups excluding carboxylic acids is 2. The molecule has 0 aromatic carbocycles. The van der Waals surface area contributed by atoms with Crippen LogP contribution in [0.1, 0.15) is 45.4 Å². The zero-order valence-corrected chi connectivity index (χ0v) is 14.5. The van der Waals surface area contributed by atoms with Crippen molar-refractivity contribution in [2.75, 3.05) is 5.75 Å². The first-order valence-corrected chi connectivity index (χ1v) is 9.33. The van der Waals surface area contributed by atoms with Crippen molar-refractivity contribution in [2.24, 2.45) is 5.73 Å². The fourth-order valence-corrected chi connectivity index (χ4v) is 5.04. The van der Waals surface area contributed by atoms with Gasteiger partial charge >= 0.3 is 5.97 Å². The first-order valence-electron chi connectivity index (χ1n) is 8.28. The number of amides is 2. The first-order chi connectivity index (χ1) is 11.3. The number of aliphatic carboxylic acids is 1. The third kappa shape index (κ3) is 3.04. The summed E-state index contributed by atoms with van der Waals surface area (Å²) >= 11 is 1.48. The topological polar surface area (TPSA) is 113 Å². The van der Waals surface area contributed by atoms with Gasteiger partial charge in [-0.15, -0.1) is 11.8 Å². The molecular formula is C16H23N3O4S. The molecule has 2 unspecified atom stereocenters. The van der Waals surface area contributed by atoms with Gasteiger partial charge in [0.1, 0.15) is 17.1 Å². The monoisotopic (exact) mass is 353 g/mol. The van der Waals surface area contributed by atoms with E-state index >= 15 is 0 Å². The van der Waals surface area contributed by atoms with Gasteiger partial charge in [0.05, 0.1) is 0 Å². The van der Waals surface area contributed by atoms with Gasteiger partial charge in [-0.05, 0) is 25.3 Å². The highest BCUT2D eigenvalue weighted by atomic mass is 32.2. The van der Waals surface area contributed by atoms with Crippen molar-refractivity contribution in [3.05, 3.63) is 11.3 Å². The molecule has 0 bridgehead atoms. The number of hydrogen-bond donors (Lipinski definition) is 3. The number of thioether (sulfide) groups is 1. The van der Waals surface area contributed by atoms with Crippen LogP contribution in [-0.4, -0.2) is 50.5 Å². The molecule has 2 aliphatic heterocycles. The predicted octanol–water partition coefficient (Wildman–Crippen LogP) is 0.797. The number of nitrogens with zero attached hydrogens (tertiary/aromatic N) is 1. The Labute approximate surface area is 145 Å². The average Bonchev–Trinajstić information content (AvgIpc) is 2.52. The minimum atomic E-state index is -1.10. The van der Waals surface area contributed by atoms with Gasteiger partial charge < -0.3 is 16.2 Å². The highest BCUT2D eigenvalue weighted by Crippen LogP contribution is 2.40. The third-order valence-electron chi connectivity index (χ3n) is 5.04. The van der Waals surface area contributed by atoms with E-state index in [9.17, 15) is 19.5 Å². The van der Waals surface area contributed by atoms with Crippen LogP contribution in [0, 0.1) is 0 Å². The smallest absolute Gasteiger partial charge is 0.352 e. The minimum Gasteiger partial charge on any atom is -0.477 e. The van der Waals surface area contributed by atoms with Crippen molar-refractivity contribution < 1.29 is 19.5 Å². The van der Waals surface area contributed by atoms with E-state index < -0.39 is 17.6 Å². The van der Waals surface area contributed by atoms with Gasteiger partial charge in [-0.25, -0.2) is 4.79 Å². The Kier molecular flexibility index (Phi) is 4.61. The Hall–Kier alpha value is -1.54. The van der Waals surface area contributed by atoms with Crippen molar-refractivity contribution in [2.45, 2.75) is 62.4 Å². The molecule has 2 fully saturated rings. The van der Waals surface area contributed by atoms with E-state index in [1.54, 1.807) is 6.92 Å². The number of β-lactam (4-membered cyclic amide) rings is 1. The van der Waals surface area contributed by atoms with Gasteiger partial charge in [-0.1, -0.05) is 19.3 Å². The van der Waals surface area contributed by atoms with E-state index in [-0.39, 0.29) is 29.3 Å². The molecule has 0 aromatic rings. The summed E-state index contributed by atoms with van der Waals surface area (Å²) in [6.45, 7) is 1.72. The summed E-state index contributed by atoms with van der Waals surface area (Å²) in [5, 5.41) is 11.7. The highest BCUT2D eigenvalue weighted by molar-refractivity contribution is 8.00. The maximum atomic E-state index is 12.3. The van der Waals surface area contributed by atoms with E-state index in [1.165, 1.54) is 16.7 Å². The average molecular weight is 353 g/mol. The molecule has 1 saturated carbocycles. The molecule has 8 heteroatoms. The molecule has 0 aromatic heterocycles. The molecule has 2 heterocycles. The van der Waals surface area contributed by atoms with Crippen LogP contribution >= 0.6 is 11.8 Å². The van der Waals surface area contributed by atoms with Crippen LogP contribution in [0.3, 0.4) is 0 Å². The molecule has 3 aliphatic rings. The summed E-state index contributed by atoms with van der Waals surface area (Å²) in [7, 11) is 0. The highest BCUT2D eigenvalue weighted by Gasteiger charge is 2.53. The summed E-state index contributed by atoms with van der Waals surface area (Å²) in [6.07, 6.45) is 5.09. The van der Waals surface area contributed by atoms with Crippen molar-refractivity contribution in [1.82, 2.24) is 10.2 Å². The standard InChI is InChI=1S/C16H23N3O4S/c1-9-8-24-14-11(13(21)19(14)12(9)15(22)23)18-10(20)7-16(17)5-3-2-4-6-16/h11,14H,2-8,17H2,1H3,(H,18,20)(H,22,23). The number of nitrogens with two attached hydrogens (primary N) is 1. The Morgan fingerprint density at radius 3 is 2.67 bits per heavy atom. The van der Waals surface area contributed by atoms with Crippen LogP contribution in [0.4, 0.5) is 0 Å². The number of carboxylic acids is 1. The second-order valence-corrected chi connectivity index (χ2v) is 8.09. The lowest BCUT2D eigenvalue weighted by molar-refractivity contribution is -0.150. The maximum Gasteiger partial charge on any atom is 0.352 e. The quantitative estimate of drug-likeness (QED) is 0.644. The van der Waals surface area contributed by atoms with Crippen molar-refractivity contribution in [3.63, 3.8) is 0 Å². The second kappa shape index (κ2) is 6.40. The van der Waals surface area contributed by atoms with Crippen LogP contribution in [0.5, 0.6) is 0 Å². The number of hydrogen-bond acceptors (Lipinski definition) is 5. The predicted molar refractivity (Wildman–Crippen MR) is 90.0 cm³/mol. The van der Waals surface area contributed by atoms with Gasteiger partial charge in [0.2, 0.25) is 5.91 Å². The lowest BCUT2D eigenvalue weighted by Crippen LogP contribution is -2.70. The lowest BCUT2D eigenvalue weighted by atomic mass is 9.80. The van der Waals surface area contributed by atoms with E-state index in [4.69, 9.17) is 5.73 Å². The van der Waals surface area contributed by atoms with Gasteiger partial charge in [0.15, 0.2) is 0 Å². The number of carboxylic acid groups (broad SMARTS) is 1. The molecule has 132 valence electrons. The largest absolute Gasteiger partial charge is 0.477 e. The molecule has 2 atom stereocenters. The molecule has 2 amide bonds. The third-order valence-corrected chi connectivity index (χ3v) is 6.46. The molecule has 1 saturated heterocycles. The van der Waals surface area contributed by atoms with Crippen LogP contribution in [0.25, 0.3) is 0 Å². The maximum absolute atomic E-state index is 12.3. The van der Waals surface area contributed by atoms with Crippen LogP contribution < -0.4 is 11.1 Å². The molecule has 7 nitrogen and oxygen atoms in total. The van der Waals surface area contributed by atoms with Gasteiger partial charge in [0.25, 0.3) is 5.91 Å². The Bertz CT molecular complexity index is 612. The number of nitrogens with one attached hydrogen (secondary N) is 1. The Balaban J connectivity index is 1.63. The van der Waals surface area contributed by atoms with Crippen LogP contribution in [0.2, 0.25) is 0 Å². The lowest BCUT2D eigenvalue weighted by Gasteiger charge is -2.49. The molecule has 0 spiro atoms. The molecule has 1 aliphatic carbocycles. The first kappa shape index (κ1) is 17.3. The summed E-state index contributed by atoms with van der Waals surface area (Å²) in [5.74, 6) is -1.13. The van der Waals surface area contributed by atoms with Crippen LogP contribution in [-0.2, 0) is 14.4 Å².